The molecule has 0 aromatic heterocycles. The number of rotatable bonds is 0. The van der Waals surface area contributed by atoms with Crippen molar-refractivity contribution >= 4 is 19.7 Å². The zero-order valence-corrected chi connectivity index (χ0v) is 13.3. The predicted molar refractivity (Wildman–Crippen MR) is 82.9 cm³/mol. The van der Waals surface area contributed by atoms with Crippen molar-refractivity contribution in [1.29, 1.82) is 0 Å². The van der Waals surface area contributed by atoms with E-state index in [1.165, 1.54) is 5.56 Å². The molecule has 100 valence electrons. The van der Waals surface area contributed by atoms with E-state index >= 15 is 0 Å². The smallest absolute Gasteiger partial charge is 0.225 e. The van der Waals surface area contributed by atoms with Crippen LogP contribution in [0.3, 0.4) is 0 Å². The maximum atomic E-state index is 11.7. The summed E-state index contributed by atoms with van der Waals surface area (Å²) in [5.41, 5.74) is 6.36. The van der Waals surface area contributed by atoms with E-state index in [0.717, 1.165) is 11.3 Å². The fraction of sp³-hybridized carbons (Fsp3) is 0.438. The van der Waals surface area contributed by atoms with Gasteiger partial charge in [-0.3, -0.25) is 4.79 Å². The summed E-state index contributed by atoms with van der Waals surface area (Å²) in [6, 6.07) is 6.16. The van der Waals surface area contributed by atoms with Gasteiger partial charge in [-0.1, -0.05) is 45.5 Å². The predicted octanol–water partition coefficient (Wildman–Crippen LogP) is 3.54. The van der Waals surface area contributed by atoms with E-state index in [2.05, 4.69) is 62.4 Å². The summed E-state index contributed by atoms with van der Waals surface area (Å²) in [7, 11) is -1.37. The van der Waals surface area contributed by atoms with Crippen LogP contribution >= 0.6 is 0 Å². The van der Waals surface area contributed by atoms with E-state index in [9.17, 15) is 4.79 Å². The molecule has 0 spiro atoms. The monoisotopic (exact) mass is 271 g/mol. The number of amides is 1. The minimum Gasteiger partial charge on any atom is -0.326 e. The molecular formula is C16H21NOSi. The van der Waals surface area contributed by atoms with E-state index in [1.54, 1.807) is 0 Å². The molecule has 1 aromatic rings. The maximum Gasteiger partial charge on any atom is 0.225 e. The van der Waals surface area contributed by atoms with E-state index in [1.807, 2.05) is 6.07 Å². The van der Waals surface area contributed by atoms with Crippen LogP contribution in [0.4, 0.5) is 5.69 Å². The first-order valence-electron chi connectivity index (χ1n) is 6.65. The van der Waals surface area contributed by atoms with Crippen molar-refractivity contribution in [3.63, 3.8) is 0 Å². The number of benzene rings is 1. The third kappa shape index (κ3) is 3.27. The second-order valence-corrected chi connectivity index (χ2v) is 11.6. The minimum absolute atomic E-state index is 0.0906. The number of carbonyl (C=O) groups is 1. The molecule has 2 rings (SSSR count). The van der Waals surface area contributed by atoms with Gasteiger partial charge in [-0.2, -0.15) is 0 Å². The lowest BCUT2D eigenvalue weighted by Gasteiger charge is -2.32. The van der Waals surface area contributed by atoms with Gasteiger partial charge in [0.2, 0.25) is 5.91 Å². The van der Waals surface area contributed by atoms with Gasteiger partial charge >= 0.3 is 0 Å². The van der Waals surface area contributed by atoms with Gasteiger partial charge in [-0.25, -0.2) is 0 Å². The average molecular weight is 271 g/mol. The summed E-state index contributed by atoms with van der Waals surface area (Å²) in [6.45, 7) is 10.9. The van der Waals surface area contributed by atoms with Crippen LogP contribution in [-0.2, 0) is 10.2 Å². The Hall–Kier alpha value is -1.53. The Morgan fingerprint density at radius 2 is 1.95 bits per heavy atom. The highest BCUT2D eigenvalue weighted by atomic mass is 28.3. The Balaban J connectivity index is 2.41. The Morgan fingerprint density at radius 3 is 2.58 bits per heavy atom. The molecule has 1 amide bonds. The van der Waals surface area contributed by atoms with Gasteiger partial charge in [-0.05, 0) is 17.7 Å². The Kier molecular flexibility index (Phi) is 3.32. The number of hydrogen-bond acceptors (Lipinski definition) is 1. The van der Waals surface area contributed by atoms with Crippen molar-refractivity contribution in [2.45, 2.75) is 45.3 Å². The van der Waals surface area contributed by atoms with Gasteiger partial charge in [0, 0.05) is 23.1 Å². The van der Waals surface area contributed by atoms with Crippen molar-refractivity contribution in [3.8, 4) is 11.5 Å². The topological polar surface area (TPSA) is 29.1 Å². The largest absolute Gasteiger partial charge is 0.326 e. The number of nitrogens with one attached hydrogen (secondary N) is 1. The fourth-order valence-corrected chi connectivity index (χ4v) is 2.79. The molecule has 0 unspecified atom stereocenters. The first kappa shape index (κ1) is 13.9. The van der Waals surface area contributed by atoms with Crippen molar-refractivity contribution in [1.82, 2.24) is 0 Å². The van der Waals surface area contributed by atoms with Gasteiger partial charge in [-0.15, -0.1) is 5.54 Å². The van der Waals surface area contributed by atoms with Crippen LogP contribution < -0.4 is 5.32 Å². The Morgan fingerprint density at radius 1 is 1.26 bits per heavy atom. The highest BCUT2D eigenvalue weighted by Crippen LogP contribution is 2.37. The second kappa shape index (κ2) is 4.54. The molecule has 1 N–H and O–H groups in total. The van der Waals surface area contributed by atoms with Gasteiger partial charge in [0.25, 0.3) is 0 Å². The summed E-state index contributed by atoms with van der Waals surface area (Å²) in [5.74, 6) is 3.33. The highest BCUT2D eigenvalue weighted by Gasteiger charge is 2.31. The number of anilines is 1. The number of hydrogen-bond donors (Lipinski definition) is 1. The molecule has 2 nitrogen and oxygen atoms in total. The van der Waals surface area contributed by atoms with Crippen molar-refractivity contribution in [2.24, 2.45) is 0 Å². The molecule has 1 aliphatic rings. The van der Waals surface area contributed by atoms with Crippen LogP contribution in [0.2, 0.25) is 19.6 Å². The minimum atomic E-state index is -1.37. The summed E-state index contributed by atoms with van der Waals surface area (Å²) in [6.07, 6.45) is 0.542. The quantitative estimate of drug-likeness (QED) is 0.567. The third-order valence-corrected chi connectivity index (χ3v) is 4.08. The normalized spacial score (nSPS) is 17.0. The highest BCUT2D eigenvalue weighted by molar-refractivity contribution is 6.83. The van der Waals surface area contributed by atoms with Crippen LogP contribution in [0.25, 0.3) is 0 Å². The van der Waals surface area contributed by atoms with Crippen LogP contribution in [0.5, 0.6) is 0 Å². The lowest BCUT2D eigenvalue weighted by atomic mass is 9.78. The molecule has 0 atom stereocenters. The molecule has 19 heavy (non-hydrogen) atoms. The Bertz CT molecular complexity index is 585. The Labute approximate surface area is 116 Å². The second-order valence-electron chi connectivity index (χ2n) is 6.87. The van der Waals surface area contributed by atoms with Crippen molar-refractivity contribution in [3.05, 3.63) is 29.3 Å². The van der Waals surface area contributed by atoms with Crippen LogP contribution in [0.15, 0.2) is 18.2 Å². The van der Waals surface area contributed by atoms with E-state index in [0.29, 0.717) is 6.42 Å². The molecule has 0 fully saturated rings. The molecule has 1 aliphatic heterocycles. The first-order valence-corrected chi connectivity index (χ1v) is 10.1. The molecule has 1 aromatic carbocycles. The zero-order valence-electron chi connectivity index (χ0n) is 12.3. The first-order chi connectivity index (χ1) is 8.67. The molecular weight excluding hydrogens is 250 g/mol. The average Bonchev–Trinajstić information content (AvgIpc) is 2.23. The number of carbonyl (C=O) groups excluding carboxylic acids is 1. The molecule has 0 saturated carbocycles. The van der Waals surface area contributed by atoms with Crippen LogP contribution in [0.1, 0.15) is 31.4 Å². The molecule has 0 bridgehead atoms. The summed E-state index contributed by atoms with van der Waals surface area (Å²) < 4.78 is 0. The molecule has 3 heteroatoms. The summed E-state index contributed by atoms with van der Waals surface area (Å²) in [4.78, 5) is 11.7. The van der Waals surface area contributed by atoms with E-state index in [4.69, 9.17) is 0 Å². The molecule has 0 saturated heterocycles. The standard InChI is InChI=1S/C16H21NOSi/c1-16(2)11-15(18)17-14-10-12(6-7-13(14)16)8-9-19(3,4)5/h6-7,10H,11H2,1-5H3,(H,17,18). The molecule has 0 radical (unpaired) electrons. The van der Waals surface area contributed by atoms with Gasteiger partial charge < -0.3 is 5.32 Å². The maximum absolute atomic E-state index is 11.7. The number of fused-ring (bicyclic) bond motifs is 1. The summed E-state index contributed by atoms with van der Waals surface area (Å²) >= 11 is 0. The van der Waals surface area contributed by atoms with Gasteiger partial charge in [0.05, 0.1) is 0 Å². The van der Waals surface area contributed by atoms with Crippen molar-refractivity contribution in [2.75, 3.05) is 5.32 Å². The van der Waals surface area contributed by atoms with Crippen molar-refractivity contribution < 1.29 is 4.79 Å². The molecule has 0 aliphatic carbocycles. The van der Waals surface area contributed by atoms with E-state index < -0.39 is 8.07 Å². The van der Waals surface area contributed by atoms with Crippen LogP contribution in [0, 0.1) is 11.5 Å². The fourth-order valence-electron chi connectivity index (χ4n) is 2.27. The third-order valence-electron chi connectivity index (χ3n) is 3.21. The lowest BCUT2D eigenvalue weighted by Crippen LogP contribution is -2.32. The summed E-state index contributed by atoms with van der Waals surface area (Å²) in [5, 5.41) is 2.96. The van der Waals surface area contributed by atoms with Crippen LogP contribution in [-0.4, -0.2) is 14.0 Å². The SMILES string of the molecule is CC1(C)CC(=O)Nc2cc(C#C[Si](C)(C)C)ccc21. The lowest BCUT2D eigenvalue weighted by molar-refractivity contribution is -0.117. The van der Waals surface area contributed by atoms with Gasteiger partial charge in [0.1, 0.15) is 8.07 Å². The van der Waals surface area contributed by atoms with Gasteiger partial charge in [0.15, 0.2) is 0 Å². The van der Waals surface area contributed by atoms with E-state index in [-0.39, 0.29) is 11.3 Å². The zero-order chi connectivity index (χ0) is 14.3. The molecule has 1 heterocycles.